The molecule has 22 nitrogen and oxygen atoms in total. The summed E-state index contributed by atoms with van der Waals surface area (Å²) in [5.41, 5.74) is 10.5. The first-order valence-electron chi connectivity index (χ1n) is 47.8. The SMILES string of the molecule is COc1ccc(C(=O)CCCc2ccccc2)c(NC(=O)c2ccccc2F)c1.COc1ccc(C(=O)Nc2cc(F)ccc2C(=O)CCCc2ccccc2)cc1.COc1ccc(C(=O)Nc2cc(OC)ccc2C(=O)CCCc2ccccc2)cc1.COc1cccc(C(=O)CCCc2ccccc2)c1NC(=O)c1ccccc1F.COc1ccccc1C(=O)Nc1c(OC)cccc1C(=O)CCCc1ccccc1. The third kappa shape index (κ3) is 33.8. The van der Waals surface area contributed by atoms with Gasteiger partial charge in [0, 0.05) is 83.2 Å². The Morgan fingerprint density at radius 2 is 0.463 bits per heavy atom. The first kappa shape index (κ1) is 110. The fourth-order valence-electron chi connectivity index (χ4n) is 15.7. The lowest BCUT2D eigenvalue weighted by Crippen LogP contribution is -2.17. The second-order valence-corrected chi connectivity index (χ2v) is 33.5. The van der Waals surface area contributed by atoms with E-state index in [2.05, 4.69) is 50.8 Å². The van der Waals surface area contributed by atoms with E-state index in [0.29, 0.717) is 153 Å². The Hall–Kier alpha value is -17.6. The van der Waals surface area contributed by atoms with E-state index in [1.54, 1.807) is 172 Å². The maximum Gasteiger partial charge on any atom is 0.259 e. The molecule has 25 heteroatoms. The highest BCUT2D eigenvalue weighted by Gasteiger charge is 2.26. The minimum atomic E-state index is -0.633. The molecule has 0 saturated heterocycles. The van der Waals surface area contributed by atoms with Crippen LogP contribution in [0.15, 0.2) is 364 Å². The first-order valence-corrected chi connectivity index (χ1v) is 47.8. The van der Waals surface area contributed by atoms with Gasteiger partial charge < -0.3 is 59.7 Å². The van der Waals surface area contributed by atoms with E-state index in [1.807, 2.05) is 127 Å². The van der Waals surface area contributed by atoms with Crippen LogP contribution in [0.3, 0.4) is 0 Å². The van der Waals surface area contributed by atoms with Crippen molar-refractivity contribution in [1.29, 1.82) is 0 Å². The zero-order chi connectivity index (χ0) is 105. The molecule has 752 valence electrons. The van der Waals surface area contributed by atoms with Crippen LogP contribution < -0.4 is 59.7 Å². The minimum absolute atomic E-state index is 0.0152. The summed E-state index contributed by atoms with van der Waals surface area (Å²) in [5, 5.41) is 13.6. The van der Waals surface area contributed by atoms with E-state index in [-0.39, 0.29) is 63.2 Å². The van der Waals surface area contributed by atoms with E-state index in [4.69, 9.17) is 33.2 Å². The van der Waals surface area contributed by atoms with Gasteiger partial charge in [0.2, 0.25) is 0 Å². The number of carbonyl (C=O) groups is 10. The molecule has 0 aliphatic heterocycles. The Morgan fingerprint density at radius 3 is 0.782 bits per heavy atom. The molecule has 0 aromatic heterocycles. The number of Topliss-reactive ketones (excluding diaryl/α,β-unsaturated/α-hetero) is 5. The summed E-state index contributed by atoms with van der Waals surface area (Å²) in [4.78, 5) is 127. The van der Waals surface area contributed by atoms with Gasteiger partial charge in [-0.2, -0.15) is 0 Å². The fourth-order valence-corrected chi connectivity index (χ4v) is 15.7. The van der Waals surface area contributed by atoms with Crippen LogP contribution in [0.25, 0.3) is 0 Å². The van der Waals surface area contributed by atoms with Crippen LogP contribution >= 0.6 is 0 Å². The summed E-state index contributed by atoms with van der Waals surface area (Å²) in [7, 11) is 10.6. The molecule has 0 saturated carbocycles. The lowest BCUT2D eigenvalue weighted by Gasteiger charge is -2.15. The topological polar surface area (TPSA) is 295 Å². The highest BCUT2D eigenvalue weighted by atomic mass is 19.1. The minimum Gasteiger partial charge on any atom is -0.497 e. The van der Waals surface area contributed by atoms with Crippen LogP contribution in [0.2, 0.25) is 0 Å². The van der Waals surface area contributed by atoms with Crippen molar-refractivity contribution in [3.63, 3.8) is 0 Å². The number of ketones is 5. The summed E-state index contributed by atoms with van der Waals surface area (Å²) < 4.78 is 78.3. The van der Waals surface area contributed by atoms with Crippen molar-refractivity contribution in [2.45, 2.75) is 96.3 Å². The number of benzene rings is 15. The maximum absolute atomic E-state index is 14.0. The van der Waals surface area contributed by atoms with Gasteiger partial charge in [0.05, 0.1) is 94.9 Å². The van der Waals surface area contributed by atoms with Gasteiger partial charge in [-0.1, -0.05) is 200 Å². The number of methoxy groups -OCH3 is 7. The molecule has 0 unspecified atom stereocenters. The molecular weight excluding hydrogens is 1860 g/mol. The zero-order valence-electron chi connectivity index (χ0n) is 82.8. The molecule has 15 aromatic rings. The third-order valence-electron chi connectivity index (χ3n) is 23.5. The largest absolute Gasteiger partial charge is 0.497 e. The summed E-state index contributed by atoms with van der Waals surface area (Å²) >= 11 is 0. The molecule has 0 radical (unpaired) electrons. The van der Waals surface area contributed by atoms with Gasteiger partial charge in [-0.15, -0.1) is 0 Å². The average molecular weight is 1980 g/mol. The summed E-state index contributed by atoms with van der Waals surface area (Å²) in [5.74, 6) is -0.886. The van der Waals surface area contributed by atoms with Gasteiger partial charge in [0.25, 0.3) is 29.5 Å². The van der Waals surface area contributed by atoms with E-state index < -0.39 is 35.2 Å². The smallest absolute Gasteiger partial charge is 0.259 e. The maximum atomic E-state index is 14.0. The number of carbonyl (C=O) groups excluding carboxylic acids is 10. The normalized spacial score (nSPS) is 10.4. The number of amides is 5. The number of hydrogen-bond donors (Lipinski definition) is 5. The number of aryl methyl sites for hydroxylation is 5. The average Bonchev–Trinajstić information content (AvgIpc) is 0.816. The van der Waals surface area contributed by atoms with E-state index in [1.165, 1.54) is 112 Å². The quantitative estimate of drug-likeness (QED) is 0.0222. The lowest BCUT2D eigenvalue weighted by molar-refractivity contribution is 0.0971. The second kappa shape index (κ2) is 58.1. The number of anilines is 5. The van der Waals surface area contributed by atoms with E-state index in [9.17, 15) is 61.1 Å². The molecule has 0 bridgehead atoms. The molecule has 0 spiro atoms. The molecule has 0 aliphatic rings. The highest BCUT2D eigenvalue weighted by molar-refractivity contribution is 6.15. The monoisotopic (exact) mass is 1980 g/mol. The number of rotatable bonds is 42. The van der Waals surface area contributed by atoms with Gasteiger partial charge in [-0.3, -0.25) is 47.9 Å². The number of hydrogen-bond acceptors (Lipinski definition) is 17. The van der Waals surface area contributed by atoms with Crippen LogP contribution in [-0.4, -0.2) is 108 Å². The van der Waals surface area contributed by atoms with Crippen molar-refractivity contribution in [2.24, 2.45) is 0 Å². The van der Waals surface area contributed by atoms with E-state index in [0.717, 1.165) is 50.5 Å². The van der Waals surface area contributed by atoms with Crippen molar-refractivity contribution in [3.05, 3.63) is 465 Å². The number of halogens is 3. The summed E-state index contributed by atoms with van der Waals surface area (Å²) in [6.07, 6.45) is 9.25. The van der Waals surface area contributed by atoms with Crippen molar-refractivity contribution in [1.82, 2.24) is 0 Å². The predicted octanol–water partition coefficient (Wildman–Crippen LogP) is 26.2. The zero-order valence-corrected chi connectivity index (χ0v) is 82.8. The highest BCUT2D eigenvalue weighted by Crippen LogP contribution is 2.36. The molecule has 147 heavy (non-hydrogen) atoms. The molecule has 15 rings (SSSR count). The van der Waals surface area contributed by atoms with Crippen molar-refractivity contribution in [3.8, 4) is 40.2 Å². The van der Waals surface area contributed by atoms with Gasteiger partial charge in [-0.05, 0) is 244 Å². The second-order valence-electron chi connectivity index (χ2n) is 33.5. The number of ether oxygens (including phenoxy) is 7. The van der Waals surface area contributed by atoms with Gasteiger partial charge >= 0.3 is 0 Å². The summed E-state index contributed by atoms with van der Waals surface area (Å²) in [6.45, 7) is 0. The van der Waals surface area contributed by atoms with Crippen LogP contribution in [0.1, 0.15) is 196 Å². The third-order valence-corrected chi connectivity index (χ3v) is 23.5. The lowest BCUT2D eigenvalue weighted by atomic mass is 10.0. The predicted molar refractivity (Wildman–Crippen MR) is 568 cm³/mol. The Labute approximate surface area is 854 Å². The molecular formula is C122H116F3N5O17. The van der Waals surface area contributed by atoms with Gasteiger partial charge in [-0.25, -0.2) is 13.2 Å². The Bertz CT molecular complexity index is 6920. The molecule has 0 fully saturated rings. The Morgan fingerprint density at radius 1 is 0.211 bits per heavy atom. The van der Waals surface area contributed by atoms with Crippen LogP contribution in [-0.2, 0) is 32.1 Å². The van der Waals surface area contributed by atoms with Crippen LogP contribution in [0, 0.1) is 17.5 Å². The molecule has 5 N–H and O–H groups in total. The standard InChI is InChI=1S/2C25H25NO4.3C24H22FNO3/c1-29-22-16-7-6-13-20(22)25(28)26-24-19(14-9-17-23(24)30-2)21(27)15-8-12-18-10-4-3-5-11-18;1-29-20-13-11-19(12-14-20)25(28)26-23-17-21(30-2)15-16-22(23)24(27)10-6-9-18-7-4-3-5-8-18;1-29-22-16-8-13-19(21(27)15-7-11-17-9-3-2-4-10-17)23(22)26-24(28)18-12-5-6-14-20(18)25;1-29-18-14-15-20(23(27)13-7-10-17-8-3-2-4-9-17)22(16-18)26-24(28)19-11-5-6-12-21(19)25;1-29-20-13-10-18(11-14-20)24(28)26-22-16-19(25)12-15-21(22)23(27)9-5-8-17-6-3-2-4-7-17/h3-7,9-11,13-14,16-17H,8,12,15H2,1-2H3,(H,26,28);3-5,7-8,11-17H,6,9-10H2,1-2H3,(H,26,28);2-6,8-10,12-14,16H,7,11,15H2,1H3,(H,26,28);2-6,8-9,11-12,14-16H,7,10,13H2,1H3,(H,26,28);2-4,6-7,10-16H,5,8-9H2,1H3,(H,26,28). The van der Waals surface area contributed by atoms with Crippen molar-refractivity contribution >= 4 is 86.9 Å². The number of nitrogens with one attached hydrogen (secondary N) is 5. The molecule has 0 atom stereocenters. The molecule has 5 amide bonds. The van der Waals surface area contributed by atoms with Crippen LogP contribution in [0.4, 0.5) is 41.6 Å². The first-order chi connectivity index (χ1) is 71.5. The van der Waals surface area contributed by atoms with Gasteiger partial charge in [0.15, 0.2) is 28.9 Å². The Balaban J connectivity index is 0.000000175. The van der Waals surface area contributed by atoms with Crippen molar-refractivity contribution < 1.29 is 94.3 Å². The molecule has 0 heterocycles. The van der Waals surface area contributed by atoms with Crippen LogP contribution in [0.5, 0.6) is 40.2 Å². The summed E-state index contributed by atoms with van der Waals surface area (Å²) in [6, 6.07) is 106. The van der Waals surface area contributed by atoms with Crippen molar-refractivity contribution in [2.75, 3.05) is 76.4 Å². The fraction of sp³-hybridized carbons (Fsp3) is 0.180. The number of para-hydroxylation sites is 3. The molecule has 15 aromatic carbocycles. The van der Waals surface area contributed by atoms with Gasteiger partial charge in [0.1, 0.15) is 57.7 Å². The molecule has 0 aliphatic carbocycles. The Kier molecular flexibility index (Phi) is 43.4. The van der Waals surface area contributed by atoms with E-state index >= 15 is 0 Å².